The quantitative estimate of drug-likeness (QED) is 0.833. The summed E-state index contributed by atoms with van der Waals surface area (Å²) in [6.45, 7) is 5.43. The fourth-order valence-corrected chi connectivity index (χ4v) is 2.51. The van der Waals surface area contributed by atoms with Crippen molar-refractivity contribution in [3.8, 4) is 0 Å². The normalized spacial score (nSPS) is 10.8. The van der Waals surface area contributed by atoms with Crippen LogP contribution in [-0.4, -0.2) is 38.0 Å². The molecule has 5 heteroatoms. The van der Waals surface area contributed by atoms with E-state index in [0.29, 0.717) is 17.8 Å². The Labute approximate surface area is 149 Å². The Morgan fingerprint density at radius 3 is 2.36 bits per heavy atom. The lowest BCUT2D eigenvalue weighted by atomic mass is 10.2. The number of carbonyl (C=O) groups is 1. The molecule has 1 N–H and O–H groups in total. The number of hydrogen-bond acceptors (Lipinski definition) is 3. The summed E-state index contributed by atoms with van der Waals surface area (Å²) in [7, 11) is 4.01. The van der Waals surface area contributed by atoms with Gasteiger partial charge in [-0.05, 0) is 48.9 Å². The highest BCUT2D eigenvalue weighted by atomic mass is 19.1. The maximum absolute atomic E-state index is 13.6. The van der Waals surface area contributed by atoms with Crippen molar-refractivity contribution in [2.24, 2.45) is 0 Å². The molecule has 2 aromatic rings. The van der Waals surface area contributed by atoms with Crippen LogP contribution in [0.3, 0.4) is 0 Å². The summed E-state index contributed by atoms with van der Waals surface area (Å²) in [5.41, 5.74) is 3.35. The number of hydrogen-bond donors (Lipinski definition) is 1. The van der Waals surface area contributed by atoms with Crippen molar-refractivity contribution in [2.45, 2.75) is 20.4 Å². The first-order valence-electron chi connectivity index (χ1n) is 8.43. The first-order chi connectivity index (χ1) is 11.9. The molecular weight excluding hydrogens is 317 g/mol. The van der Waals surface area contributed by atoms with Crippen molar-refractivity contribution in [1.82, 2.24) is 4.90 Å². The second-order valence-corrected chi connectivity index (χ2v) is 6.38. The van der Waals surface area contributed by atoms with E-state index in [-0.39, 0.29) is 18.3 Å². The Hall–Kier alpha value is -2.40. The highest BCUT2D eigenvalue weighted by Crippen LogP contribution is 2.15. The van der Waals surface area contributed by atoms with Gasteiger partial charge in [-0.25, -0.2) is 4.39 Å². The van der Waals surface area contributed by atoms with E-state index in [2.05, 4.69) is 34.5 Å². The van der Waals surface area contributed by atoms with E-state index in [0.717, 1.165) is 17.8 Å². The molecule has 0 bridgehead atoms. The monoisotopic (exact) mass is 343 g/mol. The number of likely N-dealkylation sites (N-methyl/N-ethyl adjacent to an activating group) is 1. The highest BCUT2D eigenvalue weighted by Gasteiger charge is 2.11. The first-order valence-corrected chi connectivity index (χ1v) is 8.43. The summed E-state index contributed by atoms with van der Waals surface area (Å²) in [4.78, 5) is 16.3. The molecule has 4 nitrogen and oxygen atoms in total. The number of anilines is 2. The van der Waals surface area contributed by atoms with Crippen molar-refractivity contribution in [3.05, 3.63) is 59.4 Å². The number of rotatable bonds is 7. The molecule has 0 aromatic heterocycles. The number of amides is 1. The second kappa shape index (κ2) is 8.62. The first kappa shape index (κ1) is 18.9. The van der Waals surface area contributed by atoms with Gasteiger partial charge in [-0.1, -0.05) is 25.1 Å². The summed E-state index contributed by atoms with van der Waals surface area (Å²) in [6, 6.07) is 13.0. The van der Waals surface area contributed by atoms with E-state index in [1.165, 1.54) is 6.07 Å². The molecule has 0 aliphatic heterocycles. The largest absolute Gasteiger partial charge is 0.378 e. The van der Waals surface area contributed by atoms with Gasteiger partial charge in [0.05, 0.1) is 6.54 Å². The van der Waals surface area contributed by atoms with Crippen LogP contribution in [0, 0.1) is 12.7 Å². The summed E-state index contributed by atoms with van der Waals surface area (Å²) in [5, 5.41) is 2.76. The Kier molecular flexibility index (Phi) is 6.53. The standard InChI is InChI=1S/C20H26FN3O/c1-5-24(13-16-7-10-18(11-8-16)23(3)4)14-20(25)22-17-9-6-15(2)19(21)12-17/h6-12H,5,13-14H2,1-4H3,(H,22,25). The highest BCUT2D eigenvalue weighted by molar-refractivity contribution is 5.92. The van der Waals surface area contributed by atoms with Crippen molar-refractivity contribution in [2.75, 3.05) is 37.4 Å². The SMILES string of the molecule is CCN(CC(=O)Nc1ccc(C)c(F)c1)Cc1ccc(N(C)C)cc1. The van der Waals surface area contributed by atoms with Crippen LogP contribution in [0.5, 0.6) is 0 Å². The van der Waals surface area contributed by atoms with Crippen LogP contribution < -0.4 is 10.2 Å². The Morgan fingerprint density at radius 2 is 1.80 bits per heavy atom. The van der Waals surface area contributed by atoms with Gasteiger partial charge in [0.15, 0.2) is 0 Å². The lowest BCUT2D eigenvalue weighted by Crippen LogP contribution is -2.32. The zero-order valence-corrected chi connectivity index (χ0v) is 15.3. The van der Waals surface area contributed by atoms with Gasteiger partial charge in [0.1, 0.15) is 5.82 Å². The lowest BCUT2D eigenvalue weighted by molar-refractivity contribution is -0.117. The van der Waals surface area contributed by atoms with Crippen LogP contribution >= 0.6 is 0 Å². The average molecular weight is 343 g/mol. The van der Waals surface area contributed by atoms with Gasteiger partial charge in [0.25, 0.3) is 0 Å². The zero-order chi connectivity index (χ0) is 18.4. The Balaban J connectivity index is 1.93. The Morgan fingerprint density at radius 1 is 1.12 bits per heavy atom. The minimum atomic E-state index is -0.314. The molecule has 0 fully saturated rings. The van der Waals surface area contributed by atoms with Crippen molar-refractivity contribution in [3.63, 3.8) is 0 Å². The van der Waals surface area contributed by atoms with E-state index in [1.807, 2.05) is 25.9 Å². The lowest BCUT2D eigenvalue weighted by Gasteiger charge is -2.20. The topological polar surface area (TPSA) is 35.6 Å². The molecule has 25 heavy (non-hydrogen) atoms. The average Bonchev–Trinajstić information content (AvgIpc) is 2.58. The van der Waals surface area contributed by atoms with Crippen LogP contribution in [-0.2, 0) is 11.3 Å². The van der Waals surface area contributed by atoms with Gasteiger partial charge in [0, 0.05) is 32.0 Å². The number of nitrogens with zero attached hydrogens (tertiary/aromatic N) is 2. The summed E-state index contributed by atoms with van der Waals surface area (Å²) < 4.78 is 13.6. The van der Waals surface area contributed by atoms with Crippen LogP contribution in [0.1, 0.15) is 18.1 Å². The number of carbonyl (C=O) groups excluding carboxylic acids is 1. The molecule has 0 unspecified atom stereocenters. The predicted molar refractivity (Wildman–Crippen MR) is 101 cm³/mol. The molecule has 2 rings (SSSR count). The van der Waals surface area contributed by atoms with E-state index in [1.54, 1.807) is 19.1 Å². The third-order valence-electron chi connectivity index (χ3n) is 4.13. The Bertz CT molecular complexity index is 713. The maximum Gasteiger partial charge on any atom is 0.238 e. The van der Waals surface area contributed by atoms with E-state index in [4.69, 9.17) is 0 Å². The van der Waals surface area contributed by atoms with Crippen LogP contribution in [0.15, 0.2) is 42.5 Å². The van der Waals surface area contributed by atoms with Crippen molar-refractivity contribution in [1.29, 1.82) is 0 Å². The van der Waals surface area contributed by atoms with Crippen LogP contribution in [0.2, 0.25) is 0 Å². The minimum absolute atomic E-state index is 0.144. The number of nitrogens with one attached hydrogen (secondary N) is 1. The third-order valence-corrected chi connectivity index (χ3v) is 4.13. The molecule has 1 amide bonds. The van der Waals surface area contributed by atoms with E-state index < -0.39 is 0 Å². The molecule has 0 saturated carbocycles. The molecular formula is C20H26FN3O. The summed E-state index contributed by atoms with van der Waals surface area (Å²) in [6.07, 6.45) is 0. The van der Waals surface area contributed by atoms with Crippen LogP contribution in [0.25, 0.3) is 0 Å². The molecule has 0 aliphatic rings. The molecule has 2 aromatic carbocycles. The van der Waals surface area contributed by atoms with Gasteiger partial charge in [-0.15, -0.1) is 0 Å². The minimum Gasteiger partial charge on any atom is -0.378 e. The van der Waals surface area contributed by atoms with Gasteiger partial charge in [-0.3, -0.25) is 9.69 Å². The van der Waals surface area contributed by atoms with Gasteiger partial charge in [0.2, 0.25) is 5.91 Å². The third kappa shape index (κ3) is 5.57. The molecule has 0 saturated heterocycles. The van der Waals surface area contributed by atoms with Crippen molar-refractivity contribution >= 4 is 17.3 Å². The summed E-state index contributed by atoms with van der Waals surface area (Å²) in [5.74, 6) is -0.457. The molecule has 0 radical (unpaired) electrons. The second-order valence-electron chi connectivity index (χ2n) is 6.38. The molecule has 0 aliphatic carbocycles. The maximum atomic E-state index is 13.6. The molecule has 0 spiro atoms. The number of halogens is 1. The number of aryl methyl sites for hydroxylation is 1. The van der Waals surface area contributed by atoms with Crippen molar-refractivity contribution < 1.29 is 9.18 Å². The fourth-order valence-electron chi connectivity index (χ4n) is 2.51. The predicted octanol–water partition coefficient (Wildman–Crippen LogP) is 3.66. The molecule has 0 atom stereocenters. The fraction of sp³-hybridized carbons (Fsp3) is 0.350. The smallest absolute Gasteiger partial charge is 0.238 e. The van der Waals surface area contributed by atoms with Crippen LogP contribution in [0.4, 0.5) is 15.8 Å². The zero-order valence-electron chi connectivity index (χ0n) is 15.3. The summed E-state index contributed by atoms with van der Waals surface area (Å²) >= 11 is 0. The van der Waals surface area contributed by atoms with Gasteiger partial charge >= 0.3 is 0 Å². The number of benzene rings is 2. The van der Waals surface area contributed by atoms with E-state index >= 15 is 0 Å². The molecule has 0 heterocycles. The van der Waals surface area contributed by atoms with Gasteiger partial charge in [-0.2, -0.15) is 0 Å². The van der Waals surface area contributed by atoms with E-state index in [9.17, 15) is 9.18 Å². The molecule has 134 valence electrons. The van der Waals surface area contributed by atoms with Gasteiger partial charge < -0.3 is 10.2 Å².